The third-order valence-corrected chi connectivity index (χ3v) is 5.16. The van der Waals surface area contributed by atoms with E-state index in [0.717, 1.165) is 36.5 Å². The lowest BCUT2D eigenvalue weighted by molar-refractivity contribution is 0.107. The minimum atomic E-state index is 0.499. The van der Waals surface area contributed by atoms with Gasteiger partial charge < -0.3 is 0 Å². The summed E-state index contributed by atoms with van der Waals surface area (Å²) < 4.78 is 1.75. The largest absolute Gasteiger partial charge is 0.296 e. The molecule has 1 fully saturated rings. The summed E-state index contributed by atoms with van der Waals surface area (Å²) in [6, 6.07) is 0. The average Bonchev–Trinajstić information content (AvgIpc) is 2.84. The van der Waals surface area contributed by atoms with Gasteiger partial charge in [-0.2, -0.15) is 5.10 Å². The molecule has 0 radical (unpaired) electrons. The highest BCUT2D eigenvalue weighted by Gasteiger charge is 2.28. The highest BCUT2D eigenvalue weighted by atomic mass is 35.5. The maximum Gasteiger partial charge on any atom is 0.162 e. The van der Waals surface area contributed by atoms with Crippen LogP contribution in [0.15, 0.2) is 6.20 Å². The Morgan fingerprint density at radius 3 is 2.67 bits per heavy atom. The second-order valence-electron chi connectivity index (χ2n) is 6.38. The molecule has 3 rings (SSSR count). The Morgan fingerprint density at radius 2 is 2.00 bits per heavy atom. The second-order valence-corrected chi connectivity index (χ2v) is 6.73. The first-order valence-corrected chi connectivity index (χ1v) is 7.95. The van der Waals surface area contributed by atoms with Gasteiger partial charge in [-0.25, -0.2) is 9.97 Å². The molecule has 21 heavy (non-hydrogen) atoms. The monoisotopic (exact) mass is 307 g/mol. The molecule has 2 aromatic heterocycles. The van der Waals surface area contributed by atoms with Crippen LogP contribution in [0.1, 0.15) is 38.9 Å². The molecule has 5 nitrogen and oxygen atoms in total. The molecule has 3 heterocycles. The molecule has 0 atom stereocenters. The van der Waals surface area contributed by atoms with E-state index in [1.165, 1.54) is 19.3 Å². The van der Waals surface area contributed by atoms with Crippen LogP contribution in [-0.2, 0) is 13.6 Å². The number of nitrogens with zero attached hydrogens (tertiary/aromatic N) is 5. The minimum Gasteiger partial charge on any atom is -0.296 e. The first-order chi connectivity index (χ1) is 10.0. The highest BCUT2D eigenvalue weighted by molar-refractivity contribution is 6.33. The maximum absolute atomic E-state index is 6.24. The Hall–Kier alpha value is -1.20. The van der Waals surface area contributed by atoms with E-state index in [2.05, 4.69) is 33.8 Å². The van der Waals surface area contributed by atoms with Crippen LogP contribution < -0.4 is 0 Å². The smallest absolute Gasteiger partial charge is 0.162 e. The van der Waals surface area contributed by atoms with Gasteiger partial charge in [0.25, 0.3) is 0 Å². The van der Waals surface area contributed by atoms with Crippen molar-refractivity contribution in [3.8, 4) is 0 Å². The van der Waals surface area contributed by atoms with Crippen LogP contribution in [0.2, 0.25) is 5.15 Å². The Kier molecular flexibility index (Phi) is 3.88. The minimum absolute atomic E-state index is 0.499. The van der Waals surface area contributed by atoms with Gasteiger partial charge in [-0.05, 0) is 31.3 Å². The number of rotatable bonds is 3. The zero-order valence-electron chi connectivity index (χ0n) is 12.9. The van der Waals surface area contributed by atoms with Crippen LogP contribution in [0.25, 0.3) is 11.0 Å². The molecule has 0 aliphatic carbocycles. The Balaban J connectivity index is 1.75. The van der Waals surface area contributed by atoms with Crippen molar-refractivity contribution in [2.75, 3.05) is 13.1 Å². The number of hydrogen-bond donors (Lipinski definition) is 0. The zero-order chi connectivity index (χ0) is 15.0. The van der Waals surface area contributed by atoms with E-state index in [1.54, 1.807) is 10.9 Å². The van der Waals surface area contributed by atoms with Gasteiger partial charge >= 0.3 is 0 Å². The van der Waals surface area contributed by atoms with Gasteiger partial charge in [0.15, 0.2) is 5.65 Å². The summed E-state index contributed by atoms with van der Waals surface area (Å²) in [6.45, 7) is 7.65. The van der Waals surface area contributed by atoms with E-state index in [-0.39, 0.29) is 0 Å². The average molecular weight is 308 g/mol. The van der Waals surface area contributed by atoms with E-state index in [0.29, 0.717) is 10.6 Å². The lowest BCUT2D eigenvalue weighted by Crippen LogP contribution is -2.38. The lowest BCUT2D eigenvalue weighted by atomic mass is 9.78. The lowest BCUT2D eigenvalue weighted by Gasteiger charge is -2.38. The molecular formula is C15H22ClN5. The summed E-state index contributed by atoms with van der Waals surface area (Å²) in [7, 11) is 1.88. The van der Waals surface area contributed by atoms with E-state index in [4.69, 9.17) is 11.6 Å². The fraction of sp³-hybridized carbons (Fsp3) is 0.667. The first-order valence-electron chi connectivity index (χ1n) is 7.57. The highest BCUT2D eigenvalue weighted by Crippen LogP contribution is 2.34. The summed E-state index contributed by atoms with van der Waals surface area (Å²) in [5.41, 5.74) is 1.31. The fourth-order valence-corrected chi connectivity index (χ4v) is 3.14. The van der Waals surface area contributed by atoms with Crippen LogP contribution >= 0.6 is 11.6 Å². The van der Waals surface area contributed by atoms with Crippen LogP contribution in [0, 0.1) is 5.41 Å². The summed E-state index contributed by atoms with van der Waals surface area (Å²) >= 11 is 6.24. The third-order valence-electron chi connectivity index (χ3n) is 4.87. The molecule has 6 heteroatoms. The quantitative estimate of drug-likeness (QED) is 0.818. The number of piperidine rings is 1. The number of fused-ring (bicyclic) bond motifs is 1. The molecule has 0 N–H and O–H groups in total. The summed E-state index contributed by atoms with van der Waals surface area (Å²) in [4.78, 5) is 11.5. The molecule has 1 aliphatic heterocycles. The topological polar surface area (TPSA) is 46.8 Å². The summed E-state index contributed by atoms with van der Waals surface area (Å²) in [5.74, 6) is 0.788. The molecule has 0 amide bonds. The molecule has 0 saturated carbocycles. The number of halogens is 1. The van der Waals surface area contributed by atoms with Crippen molar-refractivity contribution in [3.63, 3.8) is 0 Å². The zero-order valence-corrected chi connectivity index (χ0v) is 13.7. The predicted octanol–water partition coefficient (Wildman–Crippen LogP) is 3.03. The van der Waals surface area contributed by atoms with Gasteiger partial charge in [-0.1, -0.05) is 31.9 Å². The fourth-order valence-electron chi connectivity index (χ4n) is 2.91. The van der Waals surface area contributed by atoms with Crippen molar-refractivity contribution in [2.24, 2.45) is 12.5 Å². The van der Waals surface area contributed by atoms with Gasteiger partial charge in [0, 0.05) is 7.05 Å². The maximum atomic E-state index is 6.24. The Morgan fingerprint density at radius 1 is 1.29 bits per heavy atom. The predicted molar refractivity (Wildman–Crippen MR) is 84.2 cm³/mol. The van der Waals surface area contributed by atoms with Gasteiger partial charge in [-0.15, -0.1) is 0 Å². The van der Waals surface area contributed by atoms with Crippen LogP contribution in [0.3, 0.4) is 0 Å². The molecule has 114 valence electrons. The molecule has 0 bridgehead atoms. The first kappa shape index (κ1) is 14.7. The van der Waals surface area contributed by atoms with Crippen molar-refractivity contribution < 1.29 is 0 Å². The van der Waals surface area contributed by atoms with E-state index in [9.17, 15) is 0 Å². The van der Waals surface area contributed by atoms with Gasteiger partial charge in [0.05, 0.1) is 18.1 Å². The van der Waals surface area contributed by atoms with Gasteiger partial charge in [0.1, 0.15) is 11.0 Å². The molecular weight excluding hydrogens is 286 g/mol. The third kappa shape index (κ3) is 2.90. The molecule has 1 saturated heterocycles. The molecule has 0 unspecified atom stereocenters. The van der Waals surface area contributed by atoms with Crippen molar-refractivity contribution in [1.29, 1.82) is 0 Å². The van der Waals surface area contributed by atoms with Gasteiger partial charge in [0.2, 0.25) is 0 Å². The van der Waals surface area contributed by atoms with Crippen molar-refractivity contribution >= 4 is 22.6 Å². The van der Waals surface area contributed by atoms with Crippen molar-refractivity contribution in [1.82, 2.24) is 24.6 Å². The number of likely N-dealkylation sites (tertiary alicyclic amines) is 1. The van der Waals surface area contributed by atoms with E-state index < -0.39 is 0 Å². The molecule has 0 spiro atoms. The Labute approximate surface area is 130 Å². The Bertz CT molecular complexity index is 643. The van der Waals surface area contributed by atoms with Crippen LogP contribution in [0.4, 0.5) is 0 Å². The number of aromatic nitrogens is 4. The van der Waals surface area contributed by atoms with Gasteiger partial charge in [-0.3, -0.25) is 9.58 Å². The SMILES string of the molecule is CCC1(C)CCN(Cc2nc(Cl)c3cnn(C)c3n2)CC1. The summed E-state index contributed by atoms with van der Waals surface area (Å²) in [6.07, 6.45) is 5.45. The van der Waals surface area contributed by atoms with E-state index in [1.807, 2.05) is 7.05 Å². The van der Waals surface area contributed by atoms with Crippen LogP contribution in [0.5, 0.6) is 0 Å². The van der Waals surface area contributed by atoms with Crippen molar-refractivity contribution in [2.45, 2.75) is 39.7 Å². The standard InChI is InChI=1S/C15H22ClN5/c1-4-15(2)5-7-21(8-6-15)10-12-18-13(16)11-9-17-20(3)14(11)19-12/h9H,4-8,10H2,1-3H3. The van der Waals surface area contributed by atoms with Crippen molar-refractivity contribution in [3.05, 3.63) is 17.2 Å². The normalized spacial score (nSPS) is 19.2. The second kappa shape index (κ2) is 5.54. The molecule has 2 aromatic rings. The van der Waals surface area contributed by atoms with E-state index >= 15 is 0 Å². The molecule has 0 aromatic carbocycles. The number of hydrogen-bond acceptors (Lipinski definition) is 4. The summed E-state index contributed by atoms with van der Waals surface area (Å²) in [5, 5.41) is 5.51. The number of aryl methyl sites for hydroxylation is 1. The van der Waals surface area contributed by atoms with Crippen LogP contribution in [-0.4, -0.2) is 37.7 Å². The molecule has 1 aliphatic rings.